The lowest BCUT2D eigenvalue weighted by atomic mass is 10.2. The van der Waals surface area contributed by atoms with Gasteiger partial charge in [0.1, 0.15) is 11.6 Å². The van der Waals surface area contributed by atoms with Crippen LogP contribution in [0, 0.1) is 0 Å². The van der Waals surface area contributed by atoms with Gasteiger partial charge in [0.15, 0.2) is 0 Å². The SMILES string of the molecule is COc1ccc(Nc2ccnc(Nc3ccc(C(F)(F)F)cc3)n2)cc1Cl. The average Bonchev–Trinajstić information content (AvgIpc) is 2.62. The normalized spacial score (nSPS) is 11.1. The Morgan fingerprint density at radius 2 is 1.67 bits per heavy atom. The third kappa shape index (κ3) is 4.79. The zero-order chi connectivity index (χ0) is 19.4. The number of nitrogens with one attached hydrogen (secondary N) is 2. The highest BCUT2D eigenvalue weighted by molar-refractivity contribution is 6.32. The molecule has 27 heavy (non-hydrogen) atoms. The molecule has 0 aliphatic heterocycles. The zero-order valence-corrected chi connectivity index (χ0v) is 14.8. The van der Waals surface area contributed by atoms with Crippen LogP contribution in [-0.2, 0) is 6.18 Å². The molecule has 140 valence electrons. The van der Waals surface area contributed by atoms with Gasteiger partial charge in [-0.05, 0) is 48.5 Å². The van der Waals surface area contributed by atoms with Crippen molar-refractivity contribution < 1.29 is 17.9 Å². The number of anilines is 4. The van der Waals surface area contributed by atoms with Crippen molar-refractivity contribution in [3.8, 4) is 5.75 Å². The topological polar surface area (TPSA) is 59.1 Å². The number of aromatic nitrogens is 2. The highest BCUT2D eigenvalue weighted by Gasteiger charge is 2.29. The lowest BCUT2D eigenvalue weighted by molar-refractivity contribution is -0.137. The first-order valence-corrected chi connectivity index (χ1v) is 8.11. The molecule has 9 heteroatoms. The Hall–Kier alpha value is -3.00. The first-order chi connectivity index (χ1) is 12.8. The number of hydrogen-bond donors (Lipinski definition) is 2. The summed E-state index contributed by atoms with van der Waals surface area (Å²) in [5.74, 6) is 1.27. The molecule has 0 radical (unpaired) electrons. The number of halogens is 4. The predicted molar refractivity (Wildman–Crippen MR) is 98.0 cm³/mol. The smallest absolute Gasteiger partial charge is 0.416 e. The van der Waals surface area contributed by atoms with E-state index in [0.29, 0.717) is 28.0 Å². The van der Waals surface area contributed by atoms with E-state index in [0.717, 1.165) is 12.1 Å². The fraction of sp³-hybridized carbons (Fsp3) is 0.111. The van der Waals surface area contributed by atoms with E-state index in [4.69, 9.17) is 16.3 Å². The lowest BCUT2D eigenvalue weighted by Crippen LogP contribution is -2.05. The van der Waals surface area contributed by atoms with E-state index in [1.807, 2.05) is 0 Å². The molecule has 0 unspecified atom stereocenters. The van der Waals surface area contributed by atoms with Crippen molar-refractivity contribution >= 4 is 34.7 Å². The maximum Gasteiger partial charge on any atom is 0.416 e. The molecule has 1 aromatic heterocycles. The number of hydrogen-bond acceptors (Lipinski definition) is 5. The van der Waals surface area contributed by atoms with Crippen LogP contribution in [0.3, 0.4) is 0 Å². The van der Waals surface area contributed by atoms with Gasteiger partial charge in [-0.1, -0.05) is 11.6 Å². The molecule has 3 aromatic rings. The summed E-state index contributed by atoms with van der Waals surface area (Å²) >= 11 is 6.09. The van der Waals surface area contributed by atoms with Gasteiger partial charge in [0.05, 0.1) is 17.7 Å². The second kappa shape index (κ2) is 7.71. The zero-order valence-electron chi connectivity index (χ0n) is 14.0. The minimum Gasteiger partial charge on any atom is -0.495 e. The summed E-state index contributed by atoms with van der Waals surface area (Å²) in [7, 11) is 1.53. The fourth-order valence-electron chi connectivity index (χ4n) is 2.25. The molecule has 0 aliphatic rings. The van der Waals surface area contributed by atoms with Crippen LogP contribution < -0.4 is 15.4 Å². The van der Waals surface area contributed by atoms with Crippen molar-refractivity contribution in [2.75, 3.05) is 17.7 Å². The molecule has 3 rings (SSSR count). The molecular weight excluding hydrogens is 381 g/mol. The van der Waals surface area contributed by atoms with Gasteiger partial charge in [-0.25, -0.2) is 4.98 Å². The molecule has 0 bridgehead atoms. The van der Waals surface area contributed by atoms with Crippen LogP contribution in [0.1, 0.15) is 5.56 Å². The largest absolute Gasteiger partial charge is 0.495 e. The van der Waals surface area contributed by atoms with Crippen molar-refractivity contribution in [1.29, 1.82) is 0 Å². The van der Waals surface area contributed by atoms with E-state index in [9.17, 15) is 13.2 Å². The van der Waals surface area contributed by atoms with E-state index in [1.165, 1.54) is 25.4 Å². The Labute approximate surface area is 158 Å². The maximum atomic E-state index is 12.6. The summed E-state index contributed by atoms with van der Waals surface area (Å²) in [6.45, 7) is 0. The molecule has 0 saturated carbocycles. The molecule has 0 fully saturated rings. The average molecular weight is 395 g/mol. The number of ether oxygens (including phenoxy) is 1. The van der Waals surface area contributed by atoms with Crippen molar-refractivity contribution in [2.45, 2.75) is 6.18 Å². The summed E-state index contributed by atoms with van der Waals surface area (Å²) in [5, 5.41) is 6.38. The predicted octanol–water partition coefficient (Wildman–Crippen LogP) is 5.64. The Kier molecular flexibility index (Phi) is 5.36. The highest BCUT2D eigenvalue weighted by Crippen LogP contribution is 2.31. The lowest BCUT2D eigenvalue weighted by Gasteiger charge is -2.11. The molecule has 5 nitrogen and oxygen atoms in total. The molecule has 1 heterocycles. The van der Waals surface area contributed by atoms with Gasteiger partial charge in [-0.2, -0.15) is 18.2 Å². The third-order valence-corrected chi connectivity index (χ3v) is 3.84. The van der Waals surface area contributed by atoms with Gasteiger partial charge in [-0.3, -0.25) is 0 Å². The second-order valence-corrected chi connectivity index (χ2v) is 5.85. The molecule has 0 aliphatic carbocycles. The van der Waals surface area contributed by atoms with Crippen molar-refractivity contribution in [1.82, 2.24) is 9.97 Å². The van der Waals surface area contributed by atoms with E-state index in [2.05, 4.69) is 20.6 Å². The fourth-order valence-corrected chi connectivity index (χ4v) is 2.51. The molecule has 0 saturated heterocycles. The van der Waals surface area contributed by atoms with Gasteiger partial charge in [0.2, 0.25) is 5.95 Å². The monoisotopic (exact) mass is 394 g/mol. The van der Waals surface area contributed by atoms with Crippen molar-refractivity contribution in [3.63, 3.8) is 0 Å². The Bertz CT molecular complexity index is 933. The van der Waals surface area contributed by atoms with Gasteiger partial charge < -0.3 is 15.4 Å². The summed E-state index contributed by atoms with van der Waals surface area (Å²) in [4.78, 5) is 8.34. The Balaban J connectivity index is 1.73. The van der Waals surface area contributed by atoms with Crippen LogP contribution in [0.5, 0.6) is 5.75 Å². The Morgan fingerprint density at radius 3 is 2.30 bits per heavy atom. The van der Waals surface area contributed by atoms with Crippen molar-refractivity contribution in [3.05, 3.63) is 65.3 Å². The first-order valence-electron chi connectivity index (χ1n) is 7.73. The maximum absolute atomic E-state index is 12.6. The van der Waals surface area contributed by atoms with Gasteiger partial charge >= 0.3 is 6.18 Å². The second-order valence-electron chi connectivity index (χ2n) is 5.44. The molecular formula is C18H14ClF3N4O. The quantitative estimate of drug-likeness (QED) is 0.586. The van der Waals surface area contributed by atoms with Gasteiger partial charge in [-0.15, -0.1) is 0 Å². The van der Waals surface area contributed by atoms with Gasteiger partial charge in [0, 0.05) is 17.6 Å². The molecule has 0 atom stereocenters. The minimum absolute atomic E-state index is 0.236. The molecule has 0 spiro atoms. The highest BCUT2D eigenvalue weighted by atomic mass is 35.5. The van der Waals surface area contributed by atoms with E-state index in [-0.39, 0.29) is 5.95 Å². The number of rotatable bonds is 5. The summed E-state index contributed by atoms with van der Waals surface area (Å²) in [5.41, 5.74) is 0.411. The van der Waals surface area contributed by atoms with Crippen LogP contribution in [0.15, 0.2) is 54.7 Å². The molecule has 2 aromatic carbocycles. The van der Waals surface area contributed by atoms with E-state index in [1.54, 1.807) is 24.3 Å². The van der Waals surface area contributed by atoms with Gasteiger partial charge in [0.25, 0.3) is 0 Å². The summed E-state index contributed by atoms with van der Waals surface area (Å²) < 4.78 is 42.9. The number of alkyl halides is 3. The summed E-state index contributed by atoms with van der Waals surface area (Å²) in [6.07, 6.45) is -2.86. The number of nitrogens with zero attached hydrogens (tertiary/aromatic N) is 2. The van der Waals surface area contributed by atoms with Crippen LogP contribution in [0.2, 0.25) is 5.02 Å². The van der Waals surface area contributed by atoms with Crippen LogP contribution in [0.25, 0.3) is 0 Å². The minimum atomic E-state index is -4.38. The molecule has 0 amide bonds. The number of methoxy groups -OCH3 is 1. The molecule has 2 N–H and O–H groups in total. The van der Waals surface area contributed by atoms with Crippen molar-refractivity contribution in [2.24, 2.45) is 0 Å². The van der Waals surface area contributed by atoms with E-state index < -0.39 is 11.7 Å². The van der Waals surface area contributed by atoms with Crippen LogP contribution >= 0.6 is 11.6 Å². The van der Waals surface area contributed by atoms with Crippen LogP contribution in [-0.4, -0.2) is 17.1 Å². The first kappa shape index (κ1) is 18.8. The van der Waals surface area contributed by atoms with Crippen LogP contribution in [0.4, 0.5) is 36.3 Å². The number of benzene rings is 2. The Morgan fingerprint density at radius 1 is 0.963 bits per heavy atom. The summed E-state index contributed by atoms with van der Waals surface area (Å²) in [6, 6.07) is 11.4. The van der Waals surface area contributed by atoms with E-state index >= 15 is 0 Å². The standard InChI is InChI=1S/C18H14ClF3N4O/c1-27-15-7-6-13(10-14(15)19)24-16-8-9-23-17(26-16)25-12-4-2-11(3-5-12)18(20,21)22/h2-10H,1H3,(H2,23,24,25,26). The third-order valence-electron chi connectivity index (χ3n) is 3.55.